The Morgan fingerprint density at radius 2 is 1.72 bits per heavy atom. The predicted octanol–water partition coefficient (Wildman–Crippen LogP) is 4.11. The average molecular weight is 601 g/mol. The Morgan fingerprint density at radius 3 is 2.26 bits per heavy atom. The number of esters is 1. The van der Waals surface area contributed by atoms with Crippen LogP contribution in [-0.2, 0) is 23.9 Å². The zero-order chi connectivity index (χ0) is 30.7. The molecule has 0 radical (unpaired) electrons. The number of carbonyl (C=O) groups excluding carboxylic acids is 4. The maximum Gasteiger partial charge on any atom is 0.408 e. The van der Waals surface area contributed by atoms with Gasteiger partial charge in [-0.3, -0.25) is 14.5 Å². The Morgan fingerprint density at radius 1 is 1.09 bits per heavy atom. The van der Waals surface area contributed by atoms with E-state index in [9.17, 15) is 24.4 Å². The predicted molar refractivity (Wildman–Crippen MR) is 159 cm³/mol. The summed E-state index contributed by atoms with van der Waals surface area (Å²) in [5, 5.41) is 14.5. The number of ether oxygens (including phenoxy) is 2. The molecule has 0 aromatic heterocycles. The lowest BCUT2D eigenvalue weighted by molar-refractivity contribution is -0.153. The van der Waals surface area contributed by atoms with E-state index in [0.717, 1.165) is 11.1 Å². The molecule has 0 spiro atoms. The number of fused-ring (bicyclic) bond motifs is 1. The van der Waals surface area contributed by atoms with E-state index in [4.69, 9.17) is 9.47 Å². The second kappa shape index (κ2) is 12.4. The summed E-state index contributed by atoms with van der Waals surface area (Å²) in [4.78, 5) is 54.3. The summed E-state index contributed by atoms with van der Waals surface area (Å²) in [6.07, 6.45) is -1.26. The molecule has 2 atom stereocenters. The first-order chi connectivity index (χ1) is 20.6. The van der Waals surface area contributed by atoms with E-state index in [1.165, 1.54) is 16.7 Å². The number of thioether (sulfide) groups is 1. The first-order valence-electron chi connectivity index (χ1n) is 13.9. The van der Waals surface area contributed by atoms with Gasteiger partial charge in [0.25, 0.3) is 5.91 Å². The number of β-lactam (4-membered cyclic amide) rings is 1. The molecule has 3 amide bonds. The number of hydrogen-bond acceptors (Lipinski definition) is 8. The van der Waals surface area contributed by atoms with Gasteiger partial charge in [-0.05, 0) is 49.5 Å². The van der Waals surface area contributed by atoms with E-state index in [0.29, 0.717) is 29.7 Å². The van der Waals surface area contributed by atoms with Gasteiger partial charge in [0, 0.05) is 17.9 Å². The molecular weight excluding hydrogens is 568 g/mol. The number of nitrogens with one attached hydrogen (secondary N) is 2. The number of allylic oxidation sites excluding steroid dienone is 1. The molecule has 11 heteroatoms. The van der Waals surface area contributed by atoms with Gasteiger partial charge in [-0.15, -0.1) is 11.8 Å². The monoisotopic (exact) mass is 600 g/mol. The van der Waals surface area contributed by atoms with Crippen molar-refractivity contribution in [1.29, 1.82) is 5.26 Å². The molecular formula is C32H32N4O6S. The molecule has 43 heavy (non-hydrogen) atoms. The largest absolute Gasteiger partial charge is 0.448 e. The molecule has 222 valence electrons. The van der Waals surface area contributed by atoms with Crippen molar-refractivity contribution in [3.8, 4) is 6.07 Å². The maximum atomic E-state index is 14.2. The highest BCUT2D eigenvalue weighted by atomic mass is 32.2. The van der Waals surface area contributed by atoms with Crippen molar-refractivity contribution in [2.24, 2.45) is 0 Å². The zero-order valence-corrected chi connectivity index (χ0v) is 24.9. The molecule has 2 aromatic carbocycles. The molecule has 2 aromatic rings. The van der Waals surface area contributed by atoms with Gasteiger partial charge in [0.2, 0.25) is 5.91 Å². The summed E-state index contributed by atoms with van der Waals surface area (Å²) in [5.74, 6) is -1.36. The smallest absolute Gasteiger partial charge is 0.408 e. The number of amides is 3. The molecule has 2 N–H and O–H groups in total. The van der Waals surface area contributed by atoms with Crippen molar-refractivity contribution in [2.45, 2.75) is 56.7 Å². The number of nitrogens with zero attached hydrogens (tertiary/aromatic N) is 2. The highest BCUT2D eigenvalue weighted by Gasteiger charge is 2.55. The lowest BCUT2D eigenvalue weighted by atomic mass is 9.93. The van der Waals surface area contributed by atoms with Crippen molar-refractivity contribution in [3.05, 3.63) is 94.2 Å². The molecule has 2 fully saturated rings. The summed E-state index contributed by atoms with van der Waals surface area (Å²) in [6.45, 7) is 5.58. The molecule has 0 unspecified atom stereocenters. The van der Waals surface area contributed by atoms with Gasteiger partial charge in [-0.25, -0.2) is 9.59 Å². The summed E-state index contributed by atoms with van der Waals surface area (Å²) in [6, 6.07) is 19.7. The van der Waals surface area contributed by atoms with E-state index in [1.54, 1.807) is 20.8 Å². The van der Waals surface area contributed by atoms with Crippen molar-refractivity contribution in [1.82, 2.24) is 15.5 Å². The van der Waals surface area contributed by atoms with Crippen LogP contribution in [0.3, 0.4) is 0 Å². The summed E-state index contributed by atoms with van der Waals surface area (Å²) >= 11 is 1.33. The van der Waals surface area contributed by atoms with Crippen LogP contribution in [0, 0.1) is 11.3 Å². The van der Waals surface area contributed by atoms with Crippen molar-refractivity contribution >= 4 is 35.6 Å². The molecule has 10 nitrogen and oxygen atoms in total. The number of benzene rings is 2. The van der Waals surface area contributed by atoms with Crippen molar-refractivity contribution in [2.75, 3.05) is 12.3 Å². The lowest BCUT2D eigenvalue weighted by Crippen LogP contribution is -2.70. The minimum Gasteiger partial charge on any atom is -0.448 e. The van der Waals surface area contributed by atoms with E-state index in [1.807, 2.05) is 60.7 Å². The minimum absolute atomic E-state index is 0.0229. The van der Waals surface area contributed by atoms with Gasteiger partial charge in [0.15, 0.2) is 6.10 Å². The van der Waals surface area contributed by atoms with Gasteiger partial charge in [0.05, 0.1) is 12.5 Å². The van der Waals surface area contributed by atoms with Crippen LogP contribution >= 0.6 is 11.8 Å². The van der Waals surface area contributed by atoms with E-state index < -0.39 is 41.1 Å². The van der Waals surface area contributed by atoms with Crippen molar-refractivity contribution < 1.29 is 28.7 Å². The number of nitriles is 1. The Kier molecular flexibility index (Phi) is 8.59. The average Bonchev–Trinajstić information content (AvgIpc) is 3.41. The van der Waals surface area contributed by atoms with Gasteiger partial charge in [0.1, 0.15) is 22.7 Å². The van der Waals surface area contributed by atoms with Crippen LogP contribution in [0.4, 0.5) is 4.79 Å². The number of rotatable bonds is 7. The molecule has 5 rings (SSSR count). The zero-order valence-electron chi connectivity index (χ0n) is 24.1. The minimum atomic E-state index is -0.926. The van der Waals surface area contributed by atoms with Gasteiger partial charge in [-0.2, -0.15) is 5.26 Å². The molecule has 3 heterocycles. The van der Waals surface area contributed by atoms with Crippen LogP contribution in [-0.4, -0.2) is 58.1 Å². The van der Waals surface area contributed by atoms with Crippen LogP contribution in [0.2, 0.25) is 0 Å². The first kappa shape index (κ1) is 29.9. The third-order valence-corrected chi connectivity index (χ3v) is 8.46. The SMILES string of the molecule is CC(C)(C)OC(=O)N[C@@H]1C(=O)N2C(C(=O)OC(c3ccccc3)c3ccccc3)=C(/C(CC#N)=C3\CCNC3=O)CS[C@H]12. The first-order valence-corrected chi connectivity index (χ1v) is 15.0. The third kappa shape index (κ3) is 6.29. The lowest BCUT2D eigenvalue weighted by Gasteiger charge is -2.50. The molecule has 0 saturated carbocycles. The molecule has 3 aliphatic heterocycles. The fourth-order valence-electron chi connectivity index (χ4n) is 5.30. The normalized spacial score (nSPS) is 21.0. The number of alkyl carbamates (subject to hydrolysis) is 1. The van der Waals surface area contributed by atoms with Crippen LogP contribution in [0.1, 0.15) is 50.8 Å². The highest BCUT2D eigenvalue weighted by Crippen LogP contribution is 2.44. The van der Waals surface area contributed by atoms with Gasteiger partial charge >= 0.3 is 12.1 Å². The standard InChI is InChI=1S/C32H32N4O6S/c1-32(2,3)42-31(40)35-24-28(38)36-25(23(18-43-29(24)36)21(14-16-33)22-15-17-34-27(22)37)30(39)41-26(19-10-6-4-7-11-19)20-12-8-5-9-13-20/h4-13,24,26,29H,14-15,17-18H2,1-3H3,(H,34,37)(H,35,40)/b22-21+/t24-,29-/m1/s1. The Bertz CT molecular complexity index is 1500. The van der Waals surface area contributed by atoms with Crippen LogP contribution < -0.4 is 10.6 Å². The Labute approximate surface area is 254 Å². The van der Waals surface area contributed by atoms with Gasteiger partial charge in [-0.1, -0.05) is 60.7 Å². The molecule has 3 aliphatic rings. The highest BCUT2D eigenvalue weighted by molar-refractivity contribution is 8.00. The Hall–Kier alpha value is -4.56. The topological polar surface area (TPSA) is 138 Å². The molecule has 0 bridgehead atoms. The van der Waals surface area contributed by atoms with Crippen LogP contribution in [0.15, 0.2) is 83.1 Å². The number of carbonyl (C=O) groups is 4. The fraction of sp³-hybridized carbons (Fsp3) is 0.344. The second-order valence-electron chi connectivity index (χ2n) is 11.3. The van der Waals surface area contributed by atoms with E-state index in [2.05, 4.69) is 16.7 Å². The quantitative estimate of drug-likeness (QED) is 0.275. The summed E-state index contributed by atoms with van der Waals surface area (Å²) in [7, 11) is 0. The maximum absolute atomic E-state index is 14.2. The second-order valence-corrected chi connectivity index (χ2v) is 12.4. The summed E-state index contributed by atoms with van der Waals surface area (Å²) < 4.78 is 11.5. The van der Waals surface area contributed by atoms with Crippen LogP contribution in [0.5, 0.6) is 0 Å². The Balaban J connectivity index is 1.55. The van der Waals surface area contributed by atoms with Crippen molar-refractivity contribution in [3.63, 3.8) is 0 Å². The van der Waals surface area contributed by atoms with Crippen LogP contribution in [0.25, 0.3) is 0 Å². The summed E-state index contributed by atoms with van der Waals surface area (Å²) in [5.41, 5.74) is 1.92. The van der Waals surface area contributed by atoms with E-state index >= 15 is 0 Å². The van der Waals surface area contributed by atoms with E-state index in [-0.39, 0.29) is 23.8 Å². The molecule has 2 saturated heterocycles. The fourth-order valence-corrected chi connectivity index (χ4v) is 6.69. The van der Waals surface area contributed by atoms with Gasteiger partial charge < -0.3 is 20.1 Å². The number of hydrogen-bond donors (Lipinski definition) is 2. The molecule has 0 aliphatic carbocycles. The third-order valence-electron chi connectivity index (χ3n) is 7.18.